The van der Waals surface area contributed by atoms with E-state index in [-0.39, 0.29) is 0 Å². The lowest BCUT2D eigenvalue weighted by Gasteiger charge is -2.14. The van der Waals surface area contributed by atoms with Gasteiger partial charge in [-0.3, -0.25) is 0 Å². The van der Waals surface area contributed by atoms with Crippen molar-refractivity contribution in [2.45, 2.75) is 26.1 Å². The van der Waals surface area contributed by atoms with Crippen LogP contribution in [-0.2, 0) is 13.1 Å². The number of benzene rings is 1. The molecule has 1 aromatic carbocycles. The fourth-order valence-electron chi connectivity index (χ4n) is 1.81. The summed E-state index contributed by atoms with van der Waals surface area (Å²) in [5.74, 6) is 0.894. The van der Waals surface area contributed by atoms with E-state index in [1.165, 1.54) is 5.56 Å². The Morgan fingerprint density at radius 3 is 2.72 bits per heavy atom. The zero-order valence-electron chi connectivity index (χ0n) is 10.8. The molecule has 0 aliphatic heterocycles. The number of nitrogens with one attached hydrogen (secondary N) is 1. The number of ether oxygens (including phenoxy) is 1. The van der Waals surface area contributed by atoms with Crippen LogP contribution in [0.25, 0.3) is 0 Å². The first-order valence-corrected chi connectivity index (χ1v) is 6.10. The normalized spacial score (nSPS) is 12.3. The number of imidazole rings is 1. The van der Waals surface area contributed by atoms with Crippen LogP contribution in [0.5, 0.6) is 5.75 Å². The van der Waals surface area contributed by atoms with Crippen molar-refractivity contribution >= 4 is 0 Å². The SMILES string of the molecule is COc1ccc(CNC(C)Cn2ccnc2)cc1. The Morgan fingerprint density at radius 1 is 1.33 bits per heavy atom. The summed E-state index contributed by atoms with van der Waals surface area (Å²) in [6, 6.07) is 8.53. The van der Waals surface area contributed by atoms with Gasteiger partial charge in [0, 0.05) is 31.5 Å². The smallest absolute Gasteiger partial charge is 0.118 e. The quantitative estimate of drug-likeness (QED) is 0.846. The van der Waals surface area contributed by atoms with E-state index in [9.17, 15) is 0 Å². The average Bonchev–Trinajstić information content (AvgIpc) is 2.90. The summed E-state index contributed by atoms with van der Waals surface area (Å²) < 4.78 is 7.21. The number of methoxy groups -OCH3 is 1. The summed E-state index contributed by atoms with van der Waals surface area (Å²) in [6.07, 6.45) is 5.62. The molecular formula is C14H19N3O. The third-order valence-electron chi connectivity index (χ3n) is 2.86. The molecule has 0 aliphatic rings. The van der Waals surface area contributed by atoms with Gasteiger partial charge in [-0.15, -0.1) is 0 Å². The van der Waals surface area contributed by atoms with E-state index in [0.29, 0.717) is 6.04 Å². The lowest BCUT2D eigenvalue weighted by Crippen LogP contribution is -2.29. The van der Waals surface area contributed by atoms with Crippen LogP contribution in [0.3, 0.4) is 0 Å². The highest BCUT2D eigenvalue weighted by molar-refractivity contribution is 5.27. The molecular weight excluding hydrogens is 226 g/mol. The molecule has 4 nitrogen and oxygen atoms in total. The molecule has 96 valence electrons. The molecule has 2 rings (SSSR count). The van der Waals surface area contributed by atoms with Gasteiger partial charge in [0.05, 0.1) is 13.4 Å². The van der Waals surface area contributed by atoms with Crippen LogP contribution >= 0.6 is 0 Å². The van der Waals surface area contributed by atoms with Gasteiger partial charge in [-0.05, 0) is 24.6 Å². The van der Waals surface area contributed by atoms with Crippen LogP contribution in [0.4, 0.5) is 0 Å². The summed E-state index contributed by atoms with van der Waals surface area (Å²) in [5.41, 5.74) is 1.26. The van der Waals surface area contributed by atoms with E-state index in [0.717, 1.165) is 18.8 Å². The van der Waals surface area contributed by atoms with E-state index < -0.39 is 0 Å². The molecule has 1 atom stereocenters. The number of nitrogens with zero attached hydrogens (tertiary/aromatic N) is 2. The highest BCUT2D eigenvalue weighted by atomic mass is 16.5. The van der Waals surface area contributed by atoms with Crippen LogP contribution in [0.1, 0.15) is 12.5 Å². The Bertz CT molecular complexity index is 450. The Balaban J connectivity index is 1.79. The number of rotatable bonds is 6. The highest BCUT2D eigenvalue weighted by Crippen LogP contribution is 2.11. The third kappa shape index (κ3) is 3.60. The molecule has 0 saturated carbocycles. The van der Waals surface area contributed by atoms with Crippen molar-refractivity contribution < 1.29 is 4.74 Å². The zero-order chi connectivity index (χ0) is 12.8. The Labute approximate surface area is 108 Å². The monoisotopic (exact) mass is 245 g/mol. The minimum Gasteiger partial charge on any atom is -0.497 e. The van der Waals surface area contributed by atoms with Crippen LogP contribution < -0.4 is 10.1 Å². The van der Waals surface area contributed by atoms with Gasteiger partial charge in [0.25, 0.3) is 0 Å². The molecule has 1 heterocycles. The number of aromatic nitrogens is 2. The minimum atomic E-state index is 0.404. The molecule has 1 unspecified atom stereocenters. The van der Waals surface area contributed by atoms with Crippen LogP contribution in [0.2, 0.25) is 0 Å². The van der Waals surface area contributed by atoms with Crippen molar-refractivity contribution in [2.24, 2.45) is 0 Å². The van der Waals surface area contributed by atoms with Crippen molar-refractivity contribution in [3.05, 3.63) is 48.5 Å². The van der Waals surface area contributed by atoms with E-state index in [2.05, 4.69) is 33.9 Å². The average molecular weight is 245 g/mol. The second-order valence-corrected chi connectivity index (χ2v) is 4.39. The lowest BCUT2D eigenvalue weighted by atomic mass is 10.2. The molecule has 2 aromatic rings. The molecule has 0 amide bonds. The van der Waals surface area contributed by atoms with Crippen molar-refractivity contribution in [3.8, 4) is 5.75 Å². The lowest BCUT2D eigenvalue weighted by molar-refractivity contribution is 0.414. The molecule has 0 fully saturated rings. The van der Waals surface area contributed by atoms with Crippen LogP contribution in [0, 0.1) is 0 Å². The second kappa shape index (κ2) is 6.21. The third-order valence-corrected chi connectivity index (χ3v) is 2.86. The summed E-state index contributed by atoms with van der Waals surface area (Å²) in [7, 11) is 1.68. The minimum absolute atomic E-state index is 0.404. The predicted molar refractivity (Wildman–Crippen MR) is 71.5 cm³/mol. The van der Waals surface area contributed by atoms with Crippen molar-refractivity contribution in [3.63, 3.8) is 0 Å². The standard InChI is InChI=1S/C14H19N3O/c1-12(10-17-8-7-15-11-17)16-9-13-3-5-14(18-2)6-4-13/h3-8,11-12,16H,9-10H2,1-2H3. The molecule has 1 aromatic heterocycles. The van der Waals surface area contributed by atoms with Crippen LogP contribution in [0.15, 0.2) is 43.0 Å². The summed E-state index contributed by atoms with van der Waals surface area (Å²) in [4.78, 5) is 4.03. The Kier molecular flexibility index (Phi) is 4.36. The summed E-state index contributed by atoms with van der Waals surface area (Å²) in [6.45, 7) is 3.96. The number of hydrogen-bond acceptors (Lipinski definition) is 3. The van der Waals surface area contributed by atoms with Crippen LogP contribution in [-0.4, -0.2) is 22.7 Å². The molecule has 1 N–H and O–H groups in total. The maximum absolute atomic E-state index is 5.13. The van der Waals surface area contributed by atoms with Gasteiger partial charge in [0.15, 0.2) is 0 Å². The number of hydrogen-bond donors (Lipinski definition) is 1. The van der Waals surface area contributed by atoms with E-state index in [1.807, 2.05) is 24.7 Å². The first-order valence-electron chi connectivity index (χ1n) is 6.10. The maximum atomic E-state index is 5.13. The van der Waals surface area contributed by atoms with Gasteiger partial charge >= 0.3 is 0 Å². The molecule has 18 heavy (non-hydrogen) atoms. The zero-order valence-corrected chi connectivity index (χ0v) is 10.8. The Morgan fingerprint density at radius 2 is 2.11 bits per heavy atom. The fourth-order valence-corrected chi connectivity index (χ4v) is 1.81. The largest absolute Gasteiger partial charge is 0.497 e. The van der Waals surface area contributed by atoms with Gasteiger partial charge in [0.2, 0.25) is 0 Å². The molecule has 0 aliphatic carbocycles. The van der Waals surface area contributed by atoms with E-state index in [4.69, 9.17) is 4.74 Å². The van der Waals surface area contributed by atoms with Crippen molar-refractivity contribution in [2.75, 3.05) is 7.11 Å². The topological polar surface area (TPSA) is 39.1 Å². The Hall–Kier alpha value is -1.81. The van der Waals surface area contributed by atoms with Gasteiger partial charge in [-0.1, -0.05) is 12.1 Å². The molecule has 0 radical (unpaired) electrons. The first-order chi connectivity index (χ1) is 8.78. The molecule has 0 bridgehead atoms. The molecule has 0 saturated heterocycles. The maximum Gasteiger partial charge on any atom is 0.118 e. The van der Waals surface area contributed by atoms with Gasteiger partial charge in [-0.25, -0.2) is 4.98 Å². The first kappa shape index (κ1) is 12.6. The van der Waals surface area contributed by atoms with Gasteiger partial charge in [0.1, 0.15) is 5.75 Å². The van der Waals surface area contributed by atoms with E-state index >= 15 is 0 Å². The van der Waals surface area contributed by atoms with Crippen molar-refractivity contribution in [1.29, 1.82) is 0 Å². The van der Waals surface area contributed by atoms with Gasteiger partial charge in [-0.2, -0.15) is 0 Å². The second-order valence-electron chi connectivity index (χ2n) is 4.39. The summed E-state index contributed by atoms with van der Waals surface area (Å²) in [5, 5.41) is 3.49. The molecule has 0 spiro atoms. The van der Waals surface area contributed by atoms with Crippen molar-refractivity contribution in [1.82, 2.24) is 14.9 Å². The highest BCUT2D eigenvalue weighted by Gasteiger charge is 2.02. The predicted octanol–water partition coefficient (Wildman–Crippen LogP) is 2.07. The van der Waals surface area contributed by atoms with E-state index in [1.54, 1.807) is 13.3 Å². The van der Waals surface area contributed by atoms with Gasteiger partial charge < -0.3 is 14.6 Å². The fraction of sp³-hybridized carbons (Fsp3) is 0.357. The summed E-state index contributed by atoms with van der Waals surface area (Å²) >= 11 is 0. The molecule has 4 heteroatoms.